The number of rotatable bonds is 1. The lowest BCUT2D eigenvalue weighted by atomic mass is 10.3. The molecule has 0 atom stereocenters. The quantitative estimate of drug-likeness (QED) is 0.475. The zero-order chi connectivity index (χ0) is 8.55. The molecule has 5 nitrogen and oxygen atoms in total. The molecule has 0 fully saturated rings. The van der Waals surface area contributed by atoms with Gasteiger partial charge >= 0.3 is 0 Å². The van der Waals surface area contributed by atoms with Gasteiger partial charge < -0.3 is 4.42 Å². The van der Waals surface area contributed by atoms with Crippen LogP contribution in [0.1, 0.15) is 0 Å². The second-order valence-corrected chi connectivity index (χ2v) is 2.26. The highest BCUT2D eigenvalue weighted by molar-refractivity contribution is 5.74. The first-order chi connectivity index (χ1) is 5.77. The summed E-state index contributed by atoms with van der Waals surface area (Å²) in [6.07, 6.45) is 1.26. The summed E-state index contributed by atoms with van der Waals surface area (Å²) in [6.45, 7) is 0. The molecule has 5 heteroatoms. The van der Waals surface area contributed by atoms with Gasteiger partial charge in [-0.15, -0.1) is 0 Å². The normalized spacial score (nSPS) is 10.3. The van der Waals surface area contributed by atoms with E-state index in [1.807, 2.05) is 0 Å². The maximum atomic E-state index is 10.3. The van der Waals surface area contributed by atoms with Crippen molar-refractivity contribution in [3.05, 3.63) is 34.7 Å². The van der Waals surface area contributed by atoms with Crippen molar-refractivity contribution in [3.8, 4) is 0 Å². The number of benzene rings is 1. The number of nitro groups is 1. The van der Waals surface area contributed by atoms with Gasteiger partial charge in [-0.3, -0.25) is 10.1 Å². The van der Waals surface area contributed by atoms with E-state index in [4.69, 9.17) is 4.42 Å². The molecule has 1 aromatic carbocycles. The molecule has 0 spiro atoms. The Morgan fingerprint density at radius 2 is 2.33 bits per heavy atom. The Morgan fingerprint density at radius 3 is 3.08 bits per heavy atom. The van der Waals surface area contributed by atoms with Crippen LogP contribution >= 0.6 is 0 Å². The molecule has 0 unspecified atom stereocenters. The lowest BCUT2D eigenvalue weighted by molar-refractivity contribution is -0.384. The topological polar surface area (TPSA) is 69.2 Å². The van der Waals surface area contributed by atoms with Crippen molar-refractivity contribution in [2.45, 2.75) is 0 Å². The molecule has 0 amide bonds. The van der Waals surface area contributed by atoms with Crippen LogP contribution in [-0.4, -0.2) is 9.91 Å². The van der Waals surface area contributed by atoms with Crippen LogP contribution in [0.4, 0.5) is 5.69 Å². The number of aromatic nitrogens is 1. The van der Waals surface area contributed by atoms with Gasteiger partial charge in [0, 0.05) is 12.1 Å². The van der Waals surface area contributed by atoms with Crippen molar-refractivity contribution < 1.29 is 9.34 Å². The third-order valence-corrected chi connectivity index (χ3v) is 1.52. The SMILES string of the molecule is O=[N+]([O-])c1ccc2ocnc2c1. The lowest BCUT2D eigenvalue weighted by Crippen LogP contribution is -1.86. The molecular weight excluding hydrogens is 160 g/mol. The van der Waals surface area contributed by atoms with Crippen LogP contribution in [0.25, 0.3) is 11.1 Å². The van der Waals surface area contributed by atoms with Gasteiger partial charge in [-0.1, -0.05) is 0 Å². The van der Waals surface area contributed by atoms with Gasteiger partial charge in [0.15, 0.2) is 12.0 Å². The fraction of sp³-hybridized carbons (Fsp3) is 0. The number of hydrogen-bond acceptors (Lipinski definition) is 4. The average molecular weight is 164 g/mol. The van der Waals surface area contributed by atoms with Crippen LogP contribution in [0.15, 0.2) is 29.0 Å². The number of fused-ring (bicyclic) bond motifs is 1. The van der Waals surface area contributed by atoms with Crippen molar-refractivity contribution in [1.82, 2.24) is 4.98 Å². The van der Waals surface area contributed by atoms with Crippen LogP contribution < -0.4 is 0 Å². The van der Waals surface area contributed by atoms with E-state index in [9.17, 15) is 10.1 Å². The molecule has 0 N–H and O–H groups in total. The Labute approximate surface area is 66.8 Å². The maximum absolute atomic E-state index is 10.3. The van der Waals surface area contributed by atoms with E-state index in [0.29, 0.717) is 11.1 Å². The van der Waals surface area contributed by atoms with E-state index < -0.39 is 4.92 Å². The van der Waals surface area contributed by atoms with Gasteiger partial charge in [-0.05, 0) is 6.07 Å². The molecule has 1 aromatic heterocycles. The Hall–Kier alpha value is -1.91. The molecular formula is C7H4N2O3. The van der Waals surface area contributed by atoms with Crippen molar-refractivity contribution in [2.75, 3.05) is 0 Å². The summed E-state index contributed by atoms with van der Waals surface area (Å²) in [7, 11) is 0. The molecule has 0 bridgehead atoms. The predicted molar refractivity (Wildman–Crippen MR) is 40.7 cm³/mol. The highest BCUT2D eigenvalue weighted by atomic mass is 16.6. The summed E-state index contributed by atoms with van der Waals surface area (Å²) in [6, 6.07) is 4.28. The summed E-state index contributed by atoms with van der Waals surface area (Å²) < 4.78 is 4.92. The first kappa shape index (κ1) is 6.78. The summed E-state index contributed by atoms with van der Waals surface area (Å²) in [4.78, 5) is 13.6. The Balaban J connectivity index is 2.68. The van der Waals surface area contributed by atoms with Crippen LogP contribution in [-0.2, 0) is 0 Å². The van der Waals surface area contributed by atoms with Crippen LogP contribution in [0.2, 0.25) is 0 Å². The minimum atomic E-state index is -0.464. The third kappa shape index (κ3) is 0.914. The predicted octanol–water partition coefficient (Wildman–Crippen LogP) is 1.74. The molecule has 60 valence electrons. The Morgan fingerprint density at radius 1 is 1.50 bits per heavy atom. The van der Waals surface area contributed by atoms with Gasteiger partial charge in [-0.25, -0.2) is 4.98 Å². The fourth-order valence-electron chi connectivity index (χ4n) is 0.960. The number of nitrogens with zero attached hydrogens (tertiary/aromatic N) is 2. The van der Waals surface area contributed by atoms with Crippen molar-refractivity contribution in [3.63, 3.8) is 0 Å². The standard InChI is InChI=1S/C7H4N2O3/c10-9(11)5-1-2-7-6(3-5)8-4-12-7/h1-4H. The third-order valence-electron chi connectivity index (χ3n) is 1.52. The second-order valence-electron chi connectivity index (χ2n) is 2.26. The largest absolute Gasteiger partial charge is 0.443 e. The van der Waals surface area contributed by atoms with E-state index in [-0.39, 0.29) is 5.69 Å². The minimum Gasteiger partial charge on any atom is -0.443 e. The van der Waals surface area contributed by atoms with Gasteiger partial charge in [0.1, 0.15) is 5.52 Å². The average Bonchev–Trinajstić information content (AvgIpc) is 2.49. The Kier molecular flexibility index (Phi) is 1.30. The minimum absolute atomic E-state index is 0.0244. The molecule has 0 aliphatic rings. The number of oxazole rings is 1. The summed E-state index contributed by atoms with van der Waals surface area (Å²) >= 11 is 0. The van der Waals surface area contributed by atoms with Gasteiger partial charge in [0.2, 0.25) is 0 Å². The van der Waals surface area contributed by atoms with Crippen LogP contribution in [0.5, 0.6) is 0 Å². The molecule has 12 heavy (non-hydrogen) atoms. The molecule has 0 saturated heterocycles. The first-order valence-corrected chi connectivity index (χ1v) is 3.25. The first-order valence-electron chi connectivity index (χ1n) is 3.25. The smallest absolute Gasteiger partial charge is 0.271 e. The summed E-state index contributed by atoms with van der Waals surface area (Å²) in [5.74, 6) is 0. The molecule has 0 radical (unpaired) electrons. The van der Waals surface area contributed by atoms with E-state index >= 15 is 0 Å². The lowest BCUT2D eigenvalue weighted by Gasteiger charge is -1.88. The number of non-ortho nitro benzene ring substituents is 1. The fourth-order valence-corrected chi connectivity index (χ4v) is 0.960. The molecule has 2 rings (SSSR count). The highest BCUT2D eigenvalue weighted by Gasteiger charge is 2.07. The van der Waals surface area contributed by atoms with Crippen molar-refractivity contribution >= 4 is 16.8 Å². The van der Waals surface area contributed by atoms with Gasteiger partial charge in [-0.2, -0.15) is 0 Å². The second kappa shape index (κ2) is 2.30. The summed E-state index contributed by atoms with van der Waals surface area (Å²) in [5.41, 5.74) is 1.08. The van der Waals surface area contributed by atoms with E-state index in [1.165, 1.54) is 24.6 Å². The van der Waals surface area contributed by atoms with E-state index in [2.05, 4.69) is 4.98 Å². The monoisotopic (exact) mass is 164 g/mol. The zero-order valence-electron chi connectivity index (χ0n) is 5.93. The van der Waals surface area contributed by atoms with Gasteiger partial charge in [0.25, 0.3) is 5.69 Å². The molecule has 2 aromatic rings. The van der Waals surface area contributed by atoms with Gasteiger partial charge in [0.05, 0.1) is 4.92 Å². The van der Waals surface area contributed by atoms with E-state index in [1.54, 1.807) is 0 Å². The molecule has 0 aliphatic carbocycles. The molecule has 1 heterocycles. The maximum Gasteiger partial charge on any atom is 0.271 e. The highest BCUT2D eigenvalue weighted by Crippen LogP contribution is 2.18. The number of hydrogen-bond donors (Lipinski definition) is 0. The zero-order valence-corrected chi connectivity index (χ0v) is 5.93. The molecule has 0 aliphatic heterocycles. The van der Waals surface area contributed by atoms with Crippen LogP contribution in [0, 0.1) is 10.1 Å². The number of nitro benzene ring substituents is 1. The van der Waals surface area contributed by atoms with Crippen molar-refractivity contribution in [1.29, 1.82) is 0 Å². The molecule has 0 saturated carbocycles. The van der Waals surface area contributed by atoms with Crippen molar-refractivity contribution in [2.24, 2.45) is 0 Å². The Bertz CT molecular complexity index is 435. The van der Waals surface area contributed by atoms with E-state index in [0.717, 1.165) is 0 Å². The summed E-state index contributed by atoms with van der Waals surface area (Å²) in [5, 5.41) is 10.3. The van der Waals surface area contributed by atoms with Crippen LogP contribution in [0.3, 0.4) is 0 Å².